The van der Waals surface area contributed by atoms with Crippen molar-refractivity contribution >= 4 is 9.84 Å². The lowest BCUT2D eigenvalue weighted by Gasteiger charge is -2.10. The van der Waals surface area contributed by atoms with Crippen LogP contribution in [0.5, 0.6) is 0 Å². The maximum Gasteiger partial charge on any atom is 0.435 e. The standard InChI is InChI=1S/C17H10F6N2O2S/c1-28(26,27)16-12(19)5-9(6-13(16)20)14-8-15(17(21,22)23)24-25(14)11-4-2-3-10(18)7-11/h2-8H,1H3. The Labute approximate surface area is 155 Å². The number of benzene rings is 2. The zero-order valence-electron chi connectivity index (χ0n) is 13.9. The normalized spacial score (nSPS) is 12.4. The van der Waals surface area contributed by atoms with E-state index in [2.05, 4.69) is 5.10 Å². The molecule has 0 bridgehead atoms. The SMILES string of the molecule is CS(=O)(=O)c1c(F)cc(-c2cc(C(F)(F)F)nn2-c2cccc(F)c2)cc1F. The molecule has 148 valence electrons. The first-order valence-electron chi connectivity index (χ1n) is 7.50. The summed E-state index contributed by atoms with van der Waals surface area (Å²) in [6.07, 6.45) is -4.29. The number of nitrogens with zero attached hydrogens (tertiary/aromatic N) is 2. The largest absolute Gasteiger partial charge is 0.435 e. The molecular formula is C17H10F6N2O2S. The van der Waals surface area contributed by atoms with Crippen molar-refractivity contribution in [1.29, 1.82) is 0 Å². The summed E-state index contributed by atoms with van der Waals surface area (Å²) in [5.74, 6) is -3.71. The van der Waals surface area contributed by atoms with Gasteiger partial charge in [0.2, 0.25) is 0 Å². The van der Waals surface area contributed by atoms with Gasteiger partial charge in [-0.25, -0.2) is 26.3 Å². The minimum absolute atomic E-state index is 0.126. The van der Waals surface area contributed by atoms with E-state index in [0.29, 0.717) is 29.1 Å². The summed E-state index contributed by atoms with van der Waals surface area (Å²) in [7, 11) is -4.25. The van der Waals surface area contributed by atoms with Gasteiger partial charge in [0.05, 0.1) is 11.4 Å². The van der Waals surface area contributed by atoms with E-state index in [1.165, 1.54) is 12.1 Å². The fraction of sp³-hybridized carbons (Fsp3) is 0.118. The molecule has 28 heavy (non-hydrogen) atoms. The minimum atomic E-state index is -4.88. The van der Waals surface area contributed by atoms with E-state index >= 15 is 0 Å². The maximum absolute atomic E-state index is 14.2. The average Bonchev–Trinajstić information content (AvgIpc) is 2.98. The third-order valence-electron chi connectivity index (χ3n) is 3.72. The summed E-state index contributed by atoms with van der Waals surface area (Å²) in [6.45, 7) is 0. The van der Waals surface area contributed by atoms with Crippen LogP contribution in [0.3, 0.4) is 0 Å². The Morgan fingerprint density at radius 3 is 2.07 bits per heavy atom. The molecule has 1 aromatic heterocycles. The molecule has 0 fully saturated rings. The molecule has 0 atom stereocenters. The zero-order valence-corrected chi connectivity index (χ0v) is 14.7. The number of alkyl halides is 3. The van der Waals surface area contributed by atoms with Crippen LogP contribution in [0.25, 0.3) is 16.9 Å². The predicted octanol–water partition coefficient (Wildman–Crippen LogP) is 4.38. The molecule has 0 spiro atoms. The second-order valence-corrected chi connectivity index (χ2v) is 7.80. The van der Waals surface area contributed by atoms with E-state index in [-0.39, 0.29) is 5.69 Å². The first kappa shape index (κ1) is 19.9. The monoisotopic (exact) mass is 420 g/mol. The van der Waals surface area contributed by atoms with Crippen molar-refractivity contribution in [3.05, 3.63) is 65.6 Å². The molecule has 0 radical (unpaired) electrons. The number of aromatic nitrogens is 2. The van der Waals surface area contributed by atoms with E-state index in [4.69, 9.17) is 0 Å². The van der Waals surface area contributed by atoms with Gasteiger partial charge in [0.25, 0.3) is 0 Å². The van der Waals surface area contributed by atoms with Crippen LogP contribution in [0, 0.1) is 17.5 Å². The van der Waals surface area contributed by atoms with Crippen LogP contribution in [0.2, 0.25) is 0 Å². The van der Waals surface area contributed by atoms with E-state index in [1.54, 1.807) is 0 Å². The lowest BCUT2D eigenvalue weighted by atomic mass is 10.1. The van der Waals surface area contributed by atoms with E-state index in [0.717, 1.165) is 12.1 Å². The Morgan fingerprint density at radius 2 is 1.57 bits per heavy atom. The van der Waals surface area contributed by atoms with Crippen molar-refractivity contribution in [1.82, 2.24) is 9.78 Å². The Hall–Kier alpha value is -2.82. The predicted molar refractivity (Wildman–Crippen MR) is 87.0 cm³/mol. The molecule has 3 aromatic rings. The quantitative estimate of drug-likeness (QED) is 0.591. The first-order chi connectivity index (χ1) is 12.9. The average molecular weight is 420 g/mol. The van der Waals surface area contributed by atoms with Gasteiger partial charge in [-0.15, -0.1) is 0 Å². The van der Waals surface area contributed by atoms with Gasteiger partial charge in [-0.05, 0) is 36.4 Å². The second kappa shape index (κ2) is 6.66. The summed E-state index contributed by atoms with van der Waals surface area (Å²) < 4.78 is 105. The van der Waals surface area contributed by atoms with Gasteiger partial charge in [0.15, 0.2) is 15.5 Å². The molecular weight excluding hydrogens is 410 g/mol. The maximum atomic E-state index is 14.2. The molecule has 0 N–H and O–H groups in total. The van der Waals surface area contributed by atoms with Crippen LogP contribution in [-0.4, -0.2) is 24.5 Å². The highest BCUT2D eigenvalue weighted by Crippen LogP contribution is 2.34. The summed E-state index contributed by atoms with van der Waals surface area (Å²) in [6, 6.07) is 6.08. The molecule has 0 saturated heterocycles. The molecule has 4 nitrogen and oxygen atoms in total. The van der Waals surface area contributed by atoms with E-state index in [1.807, 2.05) is 0 Å². The highest BCUT2D eigenvalue weighted by atomic mass is 32.2. The zero-order chi connectivity index (χ0) is 20.9. The van der Waals surface area contributed by atoms with Crippen LogP contribution in [0.4, 0.5) is 26.3 Å². The van der Waals surface area contributed by atoms with Crippen molar-refractivity contribution in [3.8, 4) is 16.9 Å². The van der Waals surface area contributed by atoms with Crippen LogP contribution in [0.15, 0.2) is 47.4 Å². The van der Waals surface area contributed by atoms with Gasteiger partial charge in [-0.2, -0.15) is 18.3 Å². The fourth-order valence-electron chi connectivity index (χ4n) is 2.59. The lowest BCUT2D eigenvalue weighted by molar-refractivity contribution is -0.141. The Kier molecular flexibility index (Phi) is 4.74. The van der Waals surface area contributed by atoms with Gasteiger partial charge in [0, 0.05) is 11.8 Å². The van der Waals surface area contributed by atoms with E-state index in [9.17, 15) is 34.8 Å². The van der Waals surface area contributed by atoms with Crippen molar-refractivity contribution in [2.45, 2.75) is 11.1 Å². The molecule has 0 aliphatic heterocycles. The van der Waals surface area contributed by atoms with Gasteiger partial charge in [-0.3, -0.25) is 0 Å². The highest BCUT2D eigenvalue weighted by Gasteiger charge is 2.35. The molecule has 2 aromatic carbocycles. The fourth-order valence-corrected chi connectivity index (χ4v) is 3.42. The van der Waals surface area contributed by atoms with Crippen LogP contribution in [0.1, 0.15) is 5.69 Å². The Bertz CT molecular complexity index is 1150. The van der Waals surface area contributed by atoms with E-state index < -0.39 is 55.3 Å². The van der Waals surface area contributed by atoms with Crippen molar-refractivity contribution < 1.29 is 34.8 Å². The Morgan fingerprint density at radius 1 is 0.964 bits per heavy atom. The molecule has 0 unspecified atom stereocenters. The van der Waals surface area contributed by atoms with Crippen LogP contribution < -0.4 is 0 Å². The molecule has 1 heterocycles. The lowest BCUT2D eigenvalue weighted by Crippen LogP contribution is -2.08. The number of halogens is 6. The first-order valence-corrected chi connectivity index (χ1v) is 9.40. The summed E-state index contributed by atoms with van der Waals surface area (Å²) in [4.78, 5) is -1.20. The van der Waals surface area contributed by atoms with Gasteiger partial charge in [0.1, 0.15) is 22.3 Å². The molecule has 0 saturated carbocycles. The third-order valence-corrected chi connectivity index (χ3v) is 4.85. The van der Waals surface area contributed by atoms with Crippen molar-refractivity contribution in [2.75, 3.05) is 6.26 Å². The number of hydrogen-bond acceptors (Lipinski definition) is 3. The van der Waals surface area contributed by atoms with Gasteiger partial charge >= 0.3 is 6.18 Å². The van der Waals surface area contributed by atoms with Crippen LogP contribution >= 0.6 is 0 Å². The number of hydrogen-bond donors (Lipinski definition) is 0. The molecule has 3 rings (SSSR count). The topological polar surface area (TPSA) is 52.0 Å². The summed E-state index contributed by atoms with van der Waals surface area (Å²) in [5.41, 5.74) is -2.32. The number of rotatable bonds is 3. The Balaban J connectivity index is 2.29. The molecule has 0 aliphatic rings. The van der Waals surface area contributed by atoms with Crippen molar-refractivity contribution in [2.24, 2.45) is 0 Å². The highest BCUT2D eigenvalue weighted by molar-refractivity contribution is 7.90. The summed E-state index contributed by atoms with van der Waals surface area (Å²) >= 11 is 0. The van der Waals surface area contributed by atoms with Crippen LogP contribution in [-0.2, 0) is 16.0 Å². The number of sulfone groups is 1. The molecule has 11 heteroatoms. The van der Waals surface area contributed by atoms with Crippen molar-refractivity contribution in [3.63, 3.8) is 0 Å². The van der Waals surface area contributed by atoms with Gasteiger partial charge < -0.3 is 0 Å². The third kappa shape index (κ3) is 3.75. The minimum Gasteiger partial charge on any atom is -0.232 e. The smallest absolute Gasteiger partial charge is 0.232 e. The molecule has 0 aliphatic carbocycles. The summed E-state index contributed by atoms with van der Waals surface area (Å²) in [5, 5.41) is 3.36. The molecule has 0 amide bonds. The van der Waals surface area contributed by atoms with Gasteiger partial charge in [-0.1, -0.05) is 6.07 Å². The second-order valence-electron chi connectivity index (χ2n) is 5.85.